The van der Waals surface area contributed by atoms with E-state index in [4.69, 9.17) is 5.73 Å². The number of nitrogens with two attached hydrogens (primary N) is 1. The van der Waals surface area contributed by atoms with Crippen molar-refractivity contribution in [3.8, 4) is 0 Å². The maximum atomic E-state index is 5.47. The summed E-state index contributed by atoms with van der Waals surface area (Å²) >= 11 is 0. The first kappa shape index (κ1) is 14.7. The van der Waals surface area contributed by atoms with Gasteiger partial charge in [0, 0.05) is 6.54 Å². The van der Waals surface area contributed by atoms with Gasteiger partial charge in [-0.05, 0) is 6.42 Å². The molecule has 0 aliphatic heterocycles. The Morgan fingerprint density at radius 3 is 2.33 bits per heavy atom. The van der Waals surface area contributed by atoms with Crippen LogP contribution in [0.2, 0.25) is 0 Å². The molecular formula is C13H25N5. The first-order valence-corrected chi connectivity index (χ1v) is 7.01. The summed E-state index contributed by atoms with van der Waals surface area (Å²) in [5.74, 6) is 0.842. The molecule has 3 N–H and O–H groups in total. The minimum atomic E-state index is 0.267. The first-order valence-electron chi connectivity index (χ1n) is 7.01. The number of hydrogen-bond donors (Lipinski definition) is 2. The van der Waals surface area contributed by atoms with E-state index in [0.29, 0.717) is 5.95 Å². The van der Waals surface area contributed by atoms with Crippen LogP contribution in [-0.2, 0) is 0 Å². The van der Waals surface area contributed by atoms with E-state index in [1.165, 1.54) is 51.3 Å². The van der Waals surface area contributed by atoms with Crippen LogP contribution in [0.4, 0.5) is 11.9 Å². The molecule has 0 saturated heterocycles. The predicted molar refractivity (Wildman–Crippen MR) is 75.3 cm³/mol. The SMILES string of the molecule is CCCCCCCCCCNc1ncnc(N)n1. The molecular weight excluding hydrogens is 226 g/mol. The summed E-state index contributed by atoms with van der Waals surface area (Å²) < 4.78 is 0. The van der Waals surface area contributed by atoms with Crippen molar-refractivity contribution >= 4 is 11.9 Å². The second kappa shape index (κ2) is 9.62. The number of hydrogen-bond acceptors (Lipinski definition) is 5. The molecule has 1 aromatic rings. The van der Waals surface area contributed by atoms with E-state index in [1.54, 1.807) is 0 Å². The van der Waals surface area contributed by atoms with Crippen molar-refractivity contribution in [1.82, 2.24) is 15.0 Å². The molecule has 0 saturated carbocycles. The largest absolute Gasteiger partial charge is 0.368 e. The van der Waals surface area contributed by atoms with Gasteiger partial charge >= 0.3 is 0 Å². The molecule has 0 aliphatic carbocycles. The Hall–Kier alpha value is -1.39. The van der Waals surface area contributed by atoms with Gasteiger partial charge in [-0.1, -0.05) is 51.9 Å². The van der Waals surface area contributed by atoms with Gasteiger partial charge in [0.25, 0.3) is 0 Å². The molecule has 1 aromatic heterocycles. The zero-order valence-electron chi connectivity index (χ0n) is 11.4. The average Bonchev–Trinajstić information content (AvgIpc) is 2.37. The number of nitrogens with zero attached hydrogens (tertiary/aromatic N) is 3. The number of anilines is 2. The fraction of sp³-hybridized carbons (Fsp3) is 0.769. The van der Waals surface area contributed by atoms with E-state index in [9.17, 15) is 0 Å². The number of aromatic nitrogens is 3. The van der Waals surface area contributed by atoms with Gasteiger partial charge in [-0.2, -0.15) is 4.98 Å². The van der Waals surface area contributed by atoms with Crippen LogP contribution < -0.4 is 11.1 Å². The Morgan fingerprint density at radius 1 is 1.00 bits per heavy atom. The van der Waals surface area contributed by atoms with E-state index >= 15 is 0 Å². The molecule has 0 aromatic carbocycles. The van der Waals surface area contributed by atoms with Crippen molar-refractivity contribution in [3.63, 3.8) is 0 Å². The van der Waals surface area contributed by atoms with E-state index in [0.717, 1.165) is 13.0 Å². The Kier molecular flexibility index (Phi) is 7.84. The lowest BCUT2D eigenvalue weighted by molar-refractivity contribution is 0.580. The van der Waals surface area contributed by atoms with Crippen LogP contribution in [0.1, 0.15) is 58.3 Å². The van der Waals surface area contributed by atoms with Gasteiger partial charge in [-0.3, -0.25) is 0 Å². The van der Waals surface area contributed by atoms with E-state index < -0.39 is 0 Å². The lowest BCUT2D eigenvalue weighted by atomic mass is 10.1. The molecule has 1 heterocycles. The molecule has 1 rings (SSSR count). The van der Waals surface area contributed by atoms with Crippen LogP contribution in [-0.4, -0.2) is 21.5 Å². The zero-order chi connectivity index (χ0) is 13.1. The average molecular weight is 251 g/mol. The van der Waals surface area contributed by atoms with Crippen molar-refractivity contribution in [2.24, 2.45) is 0 Å². The van der Waals surface area contributed by atoms with Crippen LogP contribution >= 0.6 is 0 Å². The van der Waals surface area contributed by atoms with Gasteiger partial charge in [-0.15, -0.1) is 0 Å². The highest BCUT2D eigenvalue weighted by Gasteiger charge is 1.96. The molecule has 0 unspecified atom stereocenters. The van der Waals surface area contributed by atoms with Crippen LogP contribution in [0.25, 0.3) is 0 Å². The molecule has 0 amide bonds. The Labute approximate surface area is 110 Å². The summed E-state index contributed by atoms with van der Waals surface area (Å²) in [6.07, 6.45) is 12.0. The molecule has 5 heteroatoms. The zero-order valence-corrected chi connectivity index (χ0v) is 11.4. The molecule has 0 atom stereocenters. The third-order valence-electron chi connectivity index (χ3n) is 2.90. The van der Waals surface area contributed by atoms with Gasteiger partial charge in [0.2, 0.25) is 11.9 Å². The van der Waals surface area contributed by atoms with Crippen LogP contribution in [0.5, 0.6) is 0 Å². The third kappa shape index (κ3) is 7.04. The van der Waals surface area contributed by atoms with E-state index in [1.807, 2.05) is 0 Å². The van der Waals surface area contributed by atoms with Crippen LogP contribution in [0, 0.1) is 0 Å². The van der Waals surface area contributed by atoms with Gasteiger partial charge in [-0.25, -0.2) is 9.97 Å². The van der Waals surface area contributed by atoms with Crippen molar-refractivity contribution in [1.29, 1.82) is 0 Å². The van der Waals surface area contributed by atoms with Crippen molar-refractivity contribution in [2.45, 2.75) is 58.3 Å². The highest BCUT2D eigenvalue weighted by molar-refractivity contribution is 5.28. The number of nitrogen functional groups attached to an aromatic ring is 1. The second-order valence-corrected chi connectivity index (χ2v) is 4.57. The van der Waals surface area contributed by atoms with Crippen molar-refractivity contribution in [3.05, 3.63) is 6.33 Å². The van der Waals surface area contributed by atoms with E-state index in [-0.39, 0.29) is 5.95 Å². The van der Waals surface area contributed by atoms with Gasteiger partial charge in [0.15, 0.2) is 0 Å². The second-order valence-electron chi connectivity index (χ2n) is 4.57. The molecule has 102 valence electrons. The summed E-state index contributed by atoms with van der Waals surface area (Å²) in [5, 5.41) is 3.15. The first-order chi connectivity index (χ1) is 8.83. The van der Waals surface area contributed by atoms with Gasteiger partial charge < -0.3 is 11.1 Å². The summed E-state index contributed by atoms with van der Waals surface area (Å²) in [7, 11) is 0. The Morgan fingerprint density at radius 2 is 1.67 bits per heavy atom. The third-order valence-corrected chi connectivity index (χ3v) is 2.90. The lowest BCUT2D eigenvalue weighted by Gasteiger charge is -2.04. The van der Waals surface area contributed by atoms with Crippen LogP contribution in [0.3, 0.4) is 0 Å². The Balaban J connectivity index is 1.92. The molecule has 0 radical (unpaired) electrons. The molecule has 0 aliphatic rings. The molecule has 0 spiro atoms. The quantitative estimate of drug-likeness (QED) is 0.625. The number of unbranched alkanes of at least 4 members (excludes halogenated alkanes) is 7. The number of nitrogens with one attached hydrogen (secondary N) is 1. The molecule has 0 fully saturated rings. The summed E-state index contributed by atoms with van der Waals surface area (Å²) in [6, 6.07) is 0. The summed E-state index contributed by atoms with van der Waals surface area (Å²) in [4.78, 5) is 11.7. The lowest BCUT2D eigenvalue weighted by Crippen LogP contribution is -2.07. The molecule has 18 heavy (non-hydrogen) atoms. The number of rotatable bonds is 10. The highest BCUT2D eigenvalue weighted by Crippen LogP contribution is 2.08. The maximum Gasteiger partial charge on any atom is 0.227 e. The van der Waals surface area contributed by atoms with Gasteiger partial charge in [0.1, 0.15) is 6.33 Å². The molecule has 0 bridgehead atoms. The van der Waals surface area contributed by atoms with E-state index in [2.05, 4.69) is 27.2 Å². The fourth-order valence-electron chi connectivity index (χ4n) is 1.85. The summed E-state index contributed by atoms with van der Waals surface area (Å²) in [6.45, 7) is 3.15. The topological polar surface area (TPSA) is 76.7 Å². The standard InChI is InChI=1S/C13H25N5/c1-2-3-4-5-6-7-8-9-10-15-13-17-11-16-12(14)18-13/h11H,2-10H2,1H3,(H3,14,15,16,17,18). The van der Waals surface area contributed by atoms with Crippen molar-refractivity contribution in [2.75, 3.05) is 17.6 Å². The van der Waals surface area contributed by atoms with Crippen molar-refractivity contribution < 1.29 is 0 Å². The summed E-state index contributed by atoms with van der Waals surface area (Å²) in [5.41, 5.74) is 5.47. The minimum Gasteiger partial charge on any atom is -0.368 e. The Bertz CT molecular complexity index is 316. The fourth-order valence-corrected chi connectivity index (χ4v) is 1.85. The maximum absolute atomic E-state index is 5.47. The molecule has 5 nitrogen and oxygen atoms in total. The monoisotopic (exact) mass is 251 g/mol. The minimum absolute atomic E-state index is 0.267. The van der Waals surface area contributed by atoms with Crippen LogP contribution in [0.15, 0.2) is 6.33 Å². The van der Waals surface area contributed by atoms with Gasteiger partial charge in [0.05, 0.1) is 0 Å². The predicted octanol–water partition coefficient (Wildman–Crippen LogP) is 3.01. The normalized spacial score (nSPS) is 10.5. The smallest absolute Gasteiger partial charge is 0.227 e. The highest BCUT2D eigenvalue weighted by atomic mass is 15.2.